The van der Waals surface area contributed by atoms with Gasteiger partial charge in [-0.2, -0.15) is 0 Å². The fourth-order valence-electron chi connectivity index (χ4n) is 3.21. The first-order valence-electron chi connectivity index (χ1n) is 9.58. The summed E-state index contributed by atoms with van der Waals surface area (Å²) in [5, 5.41) is 6.09. The summed E-state index contributed by atoms with van der Waals surface area (Å²) in [4.78, 5) is 30.3. The summed E-state index contributed by atoms with van der Waals surface area (Å²) in [5.74, 6) is 0.513. The molecular formula is C21H26N4O3. The number of carbonyl (C=O) groups excluding carboxylic acids is 2. The number of esters is 1. The van der Waals surface area contributed by atoms with Gasteiger partial charge in [-0.25, -0.2) is 4.98 Å². The quantitative estimate of drug-likeness (QED) is 0.535. The van der Waals surface area contributed by atoms with Crippen molar-refractivity contribution in [3.05, 3.63) is 59.3 Å². The second-order valence-corrected chi connectivity index (χ2v) is 6.65. The molecule has 0 atom stereocenters. The molecule has 3 rings (SSSR count). The summed E-state index contributed by atoms with van der Waals surface area (Å²) in [5.41, 5.74) is 2.98. The molecule has 0 spiro atoms. The first-order chi connectivity index (χ1) is 13.7. The van der Waals surface area contributed by atoms with E-state index in [0.717, 1.165) is 24.3 Å². The Kier molecular flexibility index (Phi) is 6.97. The monoisotopic (exact) mass is 382 g/mol. The smallest absolute Gasteiger partial charge is 0.320 e. The number of rotatable bonds is 8. The molecule has 1 aliphatic rings. The Bertz CT molecular complexity index is 811. The first-order valence-corrected chi connectivity index (χ1v) is 9.58. The van der Waals surface area contributed by atoms with Crippen molar-refractivity contribution < 1.29 is 14.3 Å². The second kappa shape index (κ2) is 9.85. The lowest BCUT2D eigenvalue weighted by molar-refractivity contribution is -0.144. The summed E-state index contributed by atoms with van der Waals surface area (Å²) in [6.07, 6.45) is 2.54. The molecule has 0 aliphatic carbocycles. The number of fused-ring (bicyclic) bond motifs is 1. The van der Waals surface area contributed by atoms with Crippen molar-refractivity contribution in [3.63, 3.8) is 0 Å². The van der Waals surface area contributed by atoms with Crippen LogP contribution in [-0.2, 0) is 22.5 Å². The summed E-state index contributed by atoms with van der Waals surface area (Å²) in [6.45, 7) is 5.12. The minimum absolute atomic E-state index is 0.0837. The minimum Gasteiger partial charge on any atom is -0.465 e. The van der Waals surface area contributed by atoms with Gasteiger partial charge in [-0.05, 0) is 48.7 Å². The molecule has 2 heterocycles. The lowest BCUT2D eigenvalue weighted by Crippen LogP contribution is -2.36. The average molecular weight is 382 g/mol. The predicted molar refractivity (Wildman–Crippen MR) is 107 cm³/mol. The van der Waals surface area contributed by atoms with E-state index in [1.165, 1.54) is 5.56 Å². The second-order valence-electron chi connectivity index (χ2n) is 6.65. The molecule has 0 unspecified atom stereocenters. The van der Waals surface area contributed by atoms with Gasteiger partial charge in [0.1, 0.15) is 5.82 Å². The van der Waals surface area contributed by atoms with E-state index in [1.54, 1.807) is 6.20 Å². The first kappa shape index (κ1) is 19.8. The van der Waals surface area contributed by atoms with Crippen LogP contribution in [0.15, 0.2) is 42.6 Å². The number of amides is 1. The number of hydrogen-bond donors (Lipinski definition) is 2. The Labute approximate surface area is 165 Å². The standard InChI is InChI=1S/C21H26N4O3/c1-2-28-20(26)15-25-12-8-16-13-17(6-7-18(16)14-25)21(27)24-11-10-23-19-5-3-4-9-22-19/h3-7,9,13H,2,8,10-12,14-15H2,1H3,(H,22,23)(H,24,27). The van der Waals surface area contributed by atoms with Gasteiger partial charge in [-0.15, -0.1) is 0 Å². The van der Waals surface area contributed by atoms with Gasteiger partial charge < -0.3 is 15.4 Å². The van der Waals surface area contributed by atoms with E-state index in [9.17, 15) is 9.59 Å². The maximum Gasteiger partial charge on any atom is 0.320 e. The van der Waals surface area contributed by atoms with Crippen molar-refractivity contribution in [1.82, 2.24) is 15.2 Å². The molecule has 1 aromatic heterocycles. The van der Waals surface area contributed by atoms with E-state index < -0.39 is 0 Å². The molecule has 7 nitrogen and oxygen atoms in total. The van der Waals surface area contributed by atoms with Crippen molar-refractivity contribution in [2.24, 2.45) is 0 Å². The summed E-state index contributed by atoms with van der Waals surface area (Å²) in [6, 6.07) is 11.4. The van der Waals surface area contributed by atoms with Gasteiger partial charge in [0.2, 0.25) is 0 Å². The zero-order valence-electron chi connectivity index (χ0n) is 16.1. The van der Waals surface area contributed by atoms with Gasteiger partial charge in [0.25, 0.3) is 5.91 Å². The maximum atomic E-state index is 12.4. The van der Waals surface area contributed by atoms with Gasteiger partial charge in [-0.3, -0.25) is 14.5 Å². The molecule has 0 radical (unpaired) electrons. The van der Waals surface area contributed by atoms with Crippen LogP contribution in [0.3, 0.4) is 0 Å². The van der Waals surface area contributed by atoms with Gasteiger partial charge >= 0.3 is 5.97 Å². The van der Waals surface area contributed by atoms with Gasteiger partial charge in [0.05, 0.1) is 13.2 Å². The number of aromatic nitrogens is 1. The molecule has 2 aromatic rings. The van der Waals surface area contributed by atoms with Crippen LogP contribution in [0.25, 0.3) is 0 Å². The van der Waals surface area contributed by atoms with Gasteiger partial charge in [-0.1, -0.05) is 12.1 Å². The zero-order valence-corrected chi connectivity index (χ0v) is 16.1. The third kappa shape index (κ3) is 5.53. The Balaban J connectivity index is 1.48. The highest BCUT2D eigenvalue weighted by atomic mass is 16.5. The van der Waals surface area contributed by atoms with Crippen molar-refractivity contribution in [1.29, 1.82) is 0 Å². The molecule has 0 bridgehead atoms. The van der Waals surface area contributed by atoms with E-state index in [-0.39, 0.29) is 11.9 Å². The minimum atomic E-state index is -0.193. The Morgan fingerprint density at radius 2 is 2.07 bits per heavy atom. The van der Waals surface area contributed by atoms with Crippen LogP contribution in [-0.4, -0.2) is 54.5 Å². The van der Waals surface area contributed by atoms with Crippen LogP contribution < -0.4 is 10.6 Å². The number of nitrogens with one attached hydrogen (secondary N) is 2. The molecule has 148 valence electrons. The molecule has 1 aromatic carbocycles. The highest BCUT2D eigenvalue weighted by Crippen LogP contribution is 2.20. The number of carbonyl (C=O) groups is 2. The number of pyridine rings is 1. The summed E-state index contributed by atoms with van der Waals surface area (Å²) in [7, 11) is 0. The highest BCUT2D eigenvalue weighted by Gasteiger charge is 2.20. The SMILES string of the molecule is CCOC(=O)CN1CCc2cc(C(=O)NCCNc3ccccn3)ccc2C1. The van der Waals surface area contributed by atoms with Crippen LogP contribution in [0.4, 0.5) is 5.82 Å². The summed E-state index contributed by atoms with van der Waals surface area (Å²) >= 11 is 0. The molecule has 1 amide bonds. The van der Waals surface area contributed by atoms with E-state index in [2.05, 4.69) is 20.5 Å². The molecule has 0 fully saturated rings. The predicted octanol–water partition coefficient (Wildman–Crippen LogP) is 1.84. The van der Waals surface area contributed by atoms with Crippen molar-refractivity contribution in [2.75, 3.05) is 38.1 Å². The third-order valence-corrected chi connectivity index (χ3v) is 4.60. The number of hydrogen-bond acceptors (Lipinski definition) is 6. The topological polar surface area (TPSA) is 83.6 Å². The zero-order chi connectivity index (χ0) is 19.8. The normalized spacial score (nSPS) is 13.5. The van der Waals surface area contributed by atoms with Crippen LogP contribution in [0, 0.1) is 0 Å². The molecule has 0 saturated carbocycles. The molecule has 0 saturated heterocycles. The van der Waals surface area contributed by atoms with Crippen molar-refractivity contribution in [2.45, 2.75) is 19.9 Å². The summed E-state index contributed by atoms with van der Waals surface area (Å²) < 4.78 is 5.02. The Morgan fingerprint density at radius 3 is 2.86 bits per heavy atom. The molecule has 7 heteroatoms. The van der Waals surface area contributed by atoms with E-state index in [1.807, 2.05) is 43.3 Å². The molecule has 1 aliphatic heterocycles. The number of nitrogens with zero attached hydrogens (tertiary/aromatic N) is 2. The maximum absolute atomic E-state index is 12.4. The van der Waals surface area contributed by atoms with Gasteiger partial charge in [0.15, 0.2) is 0 Å². The highest BCUT2D eigenvalue weighted by molar-refractivity contribution is 5.94. The lowest BCUT2D eigenvalue weighted by Gasteiger charge is -2.28. The average Bonchev–Trinajstić information content (AvgIpc) is 2.71. The number of ether oxygens (including phenoxy) is 1. The molecule has 2 N–H and O–H groups in total. The Morgan fingerprint density at radius 1 is 1.18 bits per heavy atom. The lowest BCUT2D eigenvalue weighted by atomic mass is 9.97. The largest absolute Gasteiger partial charge is 0.465 e. The fraction of sp³-hybridized carbons (Fsp3) is 0.381. The number of anilines is 1. The molecule has 28 heavy (non-hydrogen) atoms. The van der Waals surface area contributed by atoms with E-state index in [0.29, 0.717) is 38.3 Å². The van der Waals surface area contributed by atoms with Crippen molar-refractivity contribution >= 4 is 17.7 Å². The Hall–Kier alpha value is -2.93. The number of benzene rings is 1. The van der Waals surface area contributed by atoms with E-state index in [4.69, 9.17) is 4.74 Å². The third-order valence-electron chi connectivity index (χ3n) is 4.60. The van der Waals surface area contributed by atoms with Crippen LogP contribution in [0.5, 0.6) is 0 Å². The van der Waals surface area contributed by atoms with Crippen LogP contribution in [0.1, 0.15) is 28.4 Å². The van der Waals surface area contributed by atoms with Crippen molar-refractivity contribution in [3.8, 4) is 0 Å². The molecular weight excluding hydrogens is 356 g/mol. The van der Waals surface area contributed by atoms with Crippen LogP contribution in [0.2, 0.25) is 0 Å². The van der Waals surface area contributed by atoms with E-state index >= 15 is 0 Å². The fourth-order valence-corrected chi connectivity index (χ4v) is 3.21. The van der Waals surface area contributed by atoms with Gasteiger partial charge in [0, 0.05) is 37.9 Å². The van der Waals surface area contributed by atoms with Crippen LogP contribution >= 0.6 is 0 Å².